The summed E-state index contributed by atoms with van der Waals surface area (Å²) in [6.07, 6.45) is 9.92. The molecule has 1 aliphatic rings. The van der Waals surface area contributed by atoms with E-state index in [9.17, 15) is 0 Å². The summed E-state index contributed by atoms with van der Waals surface area (Å²) in [4.78, 5) is 4.19. The zero-order valence-electron chi connectivity index (χ0n) is 9.46. The van der Waals surface area contributed by atoms with Crippen LogP contribution in [-0.2, 0) is 6.54 Å². The van der Waals surface area contributed by atoms with Gasteiger partial charge in [0.1, 0.15) is 5.76 Å². The van der Waals surface area contributed by atoms with Crippen LogP contribution in [-0.4, -0.2) is 11.0 Å². The van der Waals surface area contributed by atoms with Gasteiger partial charge in [-0.3, -0.25) is 0 Å². The lowest BCUT2D eigenvalue weighted by Gasteiger charge is -2.14. The molecule has 1 aliphatic carbocycles. The summed E-state index contributed by atoms with van der Waals surface area (Å²) in [6.45, 7) is 2.71. The third-order valence-electron chi connectivity index (χ3n) is 3.07. The maximum Gasteiger partial charge on any atom is 0.208 e. The van der Waals surface area contributed by atoms with E-state index in [1.165, 1.54) is 38.5 Å². The molecule has 1 heterocycles. The number of hydrogen-bond donors (Lipinski definition) is 1. The van der Waals surface area contributed by atoms with Gasteiger partial charge in [-0.1, -0.05) is 25.7 Å². The van der Waals surface area contributed by atoms with Gasteiger partial charge in [-0.15, -0.1) is 0 Å². The molecule has 1 aromatic rings. The van der Waals surface area contributed by atoms with E-state index in [4.69, 9.17) is 4.42 Å². The molecule has 0 radical (unpaired) electrons. The Morgan fingerprint density at radius 3 is 2.67 bits per heavy atom. The van der Waals surface area contributed by atoms with Crippen LogP contribution >= 0.6 is 0 Å². The van der Waals surface area contributed by atoms with Gasteiger partial charge >= 0.3 is 0 Å². The number of nitrogens with one attached hydrogen (secondary N) is 1. The first-order valence-electron chi connectivity index (χ1n) is 5.99. The molecule has 1 aromatic heterocycles. The van der Waals surface area contributed by atoms with E-state index in [-0.39, 0.29) is 0 Å². The summed E-state index contributed by atoms with van der Waals surface area (Å²) in [5.41, 5.74) is 0. The fourth-order valence-corrected chi connectivity index (χ4v) is 2.20. The van der Waals surface area contributed by atoms with Crippen molar-refractivity contribution in [2.75, 3.05) is 0 Å². The first-order valence-corrected chi connectivity index (χ1v) is 5.99. The Labute approximate surface area is 91.3 Å². The third kappa shape index (κ3) is 3.34. The van der Waals surface area contributed by atoms with Crippen molar-refractivity contribution >= 4 is 0 Å². The van der Waals surface area contributed by atoms with Crippen LogP contribution in [0.4, 0.5) is 0 Å². The van der Waals surface area contributed by atoms with Crippen molar-refractivity contribution < 1.29 is 4.42 Å². The van der Waals surface area contributed by atoms with Crippen LogP contribution in [0.1, 0.15) is 50.2 Å². The SMILES string of the molecule is Cc1cnc(CNC2CCCCCC2)o1. The van der Waals surface area contributed by atoms with Gasteiger partial charge in [-0.25, -0.2) is 4.98 Å². The van der Waals surface area contributed by atoms with Crippen LogP contribution in [0, 0.1) is 6.92 Å². The second kappa shape index (κ2) is 5.31. The van der Waals surface area contributed by atoms with Gasteiger partial charge < -0.3 is 9.73 Å². The third-order valence-corrected chi connectivity index (χ3v) is 3.07. The van der Waals surface area contributed by atoms with Crippen LogP contribution in [0.5, 0.6) is 0 Å². The smallest absolute Gasteiger partial charge is 0.208 e. The van der Waals surface area contributed by atoms with Gasteiger partial charge in [0.2, 0.25) is 5.89 Å². The Hall–Kier alpha value is -0.830. The maximum absolute atomic E-state index is 5.43. The van der Waals surface area contributed by atoms with E-state index in [0.29, 0.717) is 6.04 Å². The molecule has 1 N–H and O–H groups in total. The van der Waals surface area contributed by atoms with Crippen molar-refractivity contribution in [3.8, 4) is 0 Å². The van der Waals surface area contributed by atoms with Crippen molar-refractivity contribution in [2.45, 2.75) is 58.0 Å². The normalized spacial score (nSPS) is 19.0. The molecule has 0 aliphatic heterocycles. The minimum Gasteiger partial charge on any atom is -0.445 e. The van der Waals surface area contributed by atoms with Crippen LogP contribution in [0.25, 0.3) is 0 Å². The second-order valence-corrected chi connectivity index (χ2v) is 4.43. The Morgan fingerprint density at radius 1 is 1.33 bits per heavy atom. The number of aromatic nitrogens is 1. The monoisotopic (exact) mass is 208 g/mol. The molecule has 1 fully saturated rings. The Morgan fingerprint density at radius 2 is 2.07 bits per heavy atom. The lowest BCUT2D eigenvalue weighted by atomic mass is 10.1. The first-order chi connectivity index (χ1) is 7.34. The molecule has 3 nitrogen and oxygen atoms in total. The van der Waals surface area contributed by atoms with E-state index >= 15 is 0 Å². The minimum absolute atomic E-state index is 0.666. The van der Waals surface area contributed by atoms with Gasteiger partial charge in [0.05, 0.1) is 12.7 Å². The van der Waals surface area contributed by atoms with Crippen LogP contribution in [0.2, 0.25) is 0 Å². The maximum atomic E-state index is 5.43. The molecule has 0 amide bonds. The highest BCUT2D eigenvalue weighted by molar-refractivity contribution is 4.90. The lowest BCUT2D eigenvalue weighted by Crippen LogP contribution is -2.27. The second-order valence-electron chi connectivity index (χ2n) is 4.43. The summed E-state index contributed by atoms with van der Waals surface area (Å²) in [7, 11) is 0. The van der Waals surface area contributed by atoms with Gasteiger partial charge in [-0.05, 0) is 19.8 Å². The van der Waals surface area contributed by atoms with Crippen molar-refractivity contribution in [3.05, 3.63) is 17.8 Å². The highest BCUT2D eigenvalue weighted by Gasteiger charge is 2.12. The van der Waals surface area contributed by atoms with Gasteiger partial charge in [0.25, 0.3) is 0 Å². The van der Waals surface area contributed by atoms with Crippen molar-refractivity contribution in [1.29, 1.82) is 0 Å². The number of hydrogen-bond acceptors (Lipinski definition) is 3. The highest BCUT2D eigenvalue weighted by atomic mass is 16.4. The molecular weight excluding hydrogens is 188 g/mol. The standard InChI is InChI=1S/C12H20N2O/c1-10-8-14-12(15-10)9-13-11-6-4-2-3-5-7-11/h8,11,13H,2-7,9H2,1H3. The van der Waals surface area contributed by atoms with E-state index in [1.807, 2.05) is 6.92 Å². The van der Waals surface area contributed by atoms with Crippen molar-refractivity contribution in [2.24, 2.45) is 0 Å². The Kier molecular flexibility index (Phi) is 3.78. The fourth-order valence-electron chi connectivity index (χ4n) is 2.20. The molecule has 1 saturated carbocycles. The topological polar surface area (TPSA) is 38.1 Å². The minimum atomic E-state index is 0.666. The van der Waals surface area contributed by atoms with E-state index in [1.54, 1.807) is 6.20 Å². The molecule has 3 heteroatoms. The van der Waals surface area contributed by atoms with E-state index < -0.39 is 0 Å². The number of oxazole rings is 1. The summed E-state index contributed by atoms with van der Waals surface area (Å²) >= 11 is 0. The molecule has 0 spiro atoms. The average molecular weight is 208 g/mol. The molecular formula is C12H20N2O. The fraction of sp³-hybridized carbons (Fsp3) is 0.750. The lowest BCUT2D eigenvalue weighted by molar-refractivity contribution is 0.400. The zero-order chi connectivity index (χ0) is 10.5. The number of aryl methyl sites for hydroxylation is 1. The van der Waals surface area contributed by atoms with E-state index in [2.05, 4.69) is 10.3 Å². The molecule has 0 bridgehead atoms. The molecule has 15 heavy (non-hydrogen) atoms. The van der Waals surface area contributed by atoms with Gasteiger partial charge in [0, 0.05) is 6.04 Å². The van der Waals surface area contributed by atoms with Gasteiger partial charge in [-0.2, -0.15) is 0 Å². The summed E-state index contributed by atoms with van der Waals surface area (Å²) in [5, 5.41) is 3.53. The Bertz CT molecular complexity index is 288. The summed E-state index contributed by atoms with van der Waals surface area (Å²) < 4.78 is 5.43. The zero-order valence-corrected chi connectivity index (χ0v) is 9.46. The predicted molar refractivity (Wildman–Crippen MR) is 59.6 cm³/mol. The quantitative estimate of drug-likeness (QED) is 0.776. The van der Waals surface area contributed by atoms with E-state index in [0.717, 1.165) is 18.2 Å². The van der Waals surface area contributed by atoms with Crippen LogP contribution in [0.3, 0.4) is 0 Å². The average Bonchev–Trinajstić information content (AvgIpc) is 2.52. The van der Waals surface area contributed by atoms with Crippen LogP contribution in [0.15, 0.2) is 10.6 Å². The molecule has 0 saturated heterocycles. The number of rotatable bonds is 3. The molecule has 0 atom stereocenters. The molecule has 0 unspecified atom stereocenters. The largest absolute Gasteiger partial charge is 0.445 e. The first kappa shape index (κ1) is 10.7. The van der Waals surface area contributed by atoms with Gasteiger partial charge in [0.15, 0.2) is 0 Å². The number of nitrogens with zero attached hydrogens (tertiary/aromatic N) is 1. The highest BCUT2D eigenvalue weighted by Crippen LogP contribution is 2.17. The van der Waals surface area contributed by atoms with Crippen LogP contribution < -0.4 is 5.32 Å². The predicted octanol–water partition coefficient (Wildman–Crippen LogP) is 2.80. The van der Waals surface area contributed by atoms with Crippen molar-refractivity contribution in [3.63, 3.8) is 0 Å². The summed E-state index contributed by atoms with van der Waals surface area (Å²) in [5.74, 6) is 1.71. The molecule has 2 rings (SSSR count). The van der Waals surface area contributed by atoms with Crippen molar-refractivity contribution in [1.82, 2.24) is 10.3 Å². The Balaban J connectivity index is 1.76. The molecule has 84 valence electrons. The summed E-state index contributed by atoms with van der Waals surface area (Å²) in [6, 6.07) is 0.666. The molecule has 0 aromatic carbocycles.